The van der Waals surface area contributed by atoms with E-state index < -0.39 is 0 Å². The zero-order chi connectivity index (χ0) is 29.3. The number of nitrogens with zero attached hydrogens (tertiary/aromatic N) is 6. The maximum Gasteiger partial charge on any atom is 0.319 e. The van der Waals surface area contributed by atoms with Crippen LogP contribution in [-0.2, 0) is 9.53 Å². The van der Waals surface area contributed by atoms with E-state index in [1.165, 1.54) is 6.08 Å². The number of benzene rings is 1. The van der Waals surface area contributed by atoms with Gasteiger partial charge < -0.3 is 35.2 Å². The number of hydrogen-bond acceptors (Lipinski definition) is 11. The molecule has 216 valence electrons. The average Bonchev–Trinajstić information content (AvgIpc) is 3.34. The van der Waals surface area contributed by atoms with E-state index in [1.54, 1.807) is 31.2 Å². The molecule has 1 amide bonds. The maximum atomic E-state index is 12.2. The summed E-state index contributed by atoms with van der Waals surface area (Å²) in [5.41, 5.74) is 7.88. The predicted molar refractivity (Wildman–Crippen MR) is 158 cm³/mol. The van der Waals surface area contributed by atoms with Gasteiger partial charge in [-0.25, -0.2) is 4.98 Å². The Morgan fingerprint density at radius 1 is 1.22 bits per heavy atom. The number of piperazine rings is 1. The number of methoxy groups -OCH3 is 1. The zero-order valence-corrected chi connectivity index (χ0v) is 24.0. The SMILES string of the molecule is C=CC(=O)N1CCN(c2nc(O[C@@H]3CN(C)C[C@H]3OC)nc3c(Oc4c(C)c(Cl)cc(N)c4C=N)nccc23)CC1. The minimum Gasteiger partial charge on any atom is -0.456 e. The first kappa shape index (κ1) is 28.5. The molecule has 5 rings (SSSR count). The van der Waals surface area contributed by atoms with Crippen LogP contribution in [0.1, 0.15) is 11.1 Å². The van der Waals surface area contributed by atoms with Crippen LogP contribution in [-0.4, -0.2) is 103 Å². The number of nitrogen functional groups attached to an aromatic ring is 1. The second-order valence-corrected chi connectivity index (χ2v) is 10.5. The summed E-state index contributed by atoms with van der Waals surface area (Å²) in [5, 5.41) is 9.02. The summed E-state index contributed by atoms with van der Waals surface area (Å²) in [7, 11) is 3.66. The van der Waals surface area contributed by atoms with E-state index in [4.69, 9.17) is 46.9 Å². The Hall–Kier alpha value is -4.00. The summed E-state index contributed by atoms with van der Waals surface area (Å²) in [5.74, 6) is 1.05. The first-order valence-corrected chi connectivity index (χ1v) is 13.6. The number of pyridine rings is 1. The minimum absolute atomic E-state index is 0.102. The predicted octanol–water partition coefficient (Wildman–Crippen LogP) is 2.90. The normalized spacial score (nSPS) is 19.4. The summed E-state index contributed by atoms with van der Waals surface area (Å²) < 4.78 is 18.3. The summed E-state index contributed by atoms with van der Waals surface area (Å²) in [6, 6.07) is 3.57. The number of fused-ring (bicyclic) bond motifs is 1. The van der Waals surface area contributed by atoms with Crippen molar-refractivity contribution in [2.45, 2.75) is 19.1 Å². The van der Waals surface area contributed by atoms with Gasteiger partial charge >= 0.3 is 6.01 Å². The highest BCUT2D eigenvalue weighted by Gasteiger charge is 2.34. The number of likely N-dealkylation sites (N-methyl/N-ethyl adjacent to an activating group) is 1. The van der Waals surface area contributed by atoms with Crippen LogP contribution in [0.3, 0.4) is 0 Å². The Morgan fingerprint density at radius 3 is 2.63 bits per heavy atom. The number of aromatic nitrogens is 3. The lowest BCUT2D eigenvalue weighted by Crippen LogP contribution is -2.48. The number of likely N-dealkylation sites (tertiary alicyclic amines) is 1. The molecule has 1 aromatic carbocycles. The molecule has 3 N–H and O–H groups in total. The standard InChI is InChI=1S/C28H33ClN8O4/c1-5-23(38)36-8-10-37(11-9-36)26-17-6-7-32-27(41-25-16(2)19(29)12-20(31)18(25)13-30)24(17)33-28(34-26)40-22-15-35(3)14-21(22)39-4/h5-7,12-13,21-22,30H,1,8-11,14-15,31H2,2-4H3/t21-,22-/m1/s1. The number of anilines is 2. The Labute approximate surface area is 243 Å². The van der Waals surface area contributed by atoms with Gasteiger partial charge in [-0.2, -0.15) is 9.97 Å². The number of nitrogens with two attached hydrogens (primary N) is 1. The van der Waals surface area contributed by atoms with Gasteiger partial charge in [0, 0.05) is 75.1 Å². The molecule has 13 heteroatoms. The molecule has 12 nitrogen and oxygen atoms in total. The van der Waals surface area contributed by atoms with Crippen molar-refractivity contribution in [2.24, 2.45) is 0 Å². The third-order valence-electron chi connectivity index (χ3n) is 7.44. The van der Waals surface area contributed by atoms with Crippen LogP contribution >= 0.6 is 11.6 Å². The van der Waals surface area contributed by atoms with Gasteiger partial charge in [0.2, 0.25) is 11.8 Å². The van der Waals surface area contributed by atoms with Crippen LogP contribution in [0.4, 0.5) is 11.5 Å². The highest BCUT2D eigenvalue weighted by molar-refractivity contribution is 6.32. The molecule has 41 heavy (non-hydrogen) atoms. The molecule has 3 aromatic rings. The second-order valence-electron chi connectivity index (χ2n) is 10.1. The van der Waals surface area contributed by atoms with Crippen molar-refractivity contribution >= 4 is 46.1 Å². The van der Waals surface area contributed by atoms with Crippen molar-refractivity contribution in [3.05, 3.63) is 47.1 Å². The van der Waals surface area contributed by atoms with Gasteiger partial charge in [-0.05, 0) is 32.2 Å². The zero-order valence-electron chi connectivity index (χ0n) is 23.3. The molecule has 2 aliphatic rings. The van der Waals surface area contributed by atoms with E-state index >= 15 is 0 Å². The molecule has 2 aromatic heterocycles. The van der Waals surface area contributed by atoms with Gasteiger partial charge in [-0.15, -0.1) is 0 Å². The van der Waals surface area contributed by atoms with E-state index in [9.17, 15) is 4.79 Å². The van der Waals surface area contributed by atoms with E-state index in [0.29, 0.717) is 77.0 Å². The van der Waals surface area contributed by atoms with E-state index in [1.807, 2.05) is 13.1 Å². The Balaban J connectivity index is 1.59. The molecule has 2 aliphatic heterocycles. The molecule has 0 aliphatic carbocycles. The highest BCUT2D eigenvalue weighted by atomic mass is 35.5. The van der Waals surface area contributed by atoms with Crippen molar-refractivity contribution in [1.29, 1.82) is 5.41 Å². The lowest BCUT2D eigenvalue weighted by Gasteiger charge is -2.35. The molecule has 2 fully saturated rings. The molecule has 0 spiro atoms. The van der Waals surface area contributed by atoms with Gasteiger partial charge in [0.25, 0.3) is 0 Å². The first-order chi connectivity index (χ1) is 19.7. The number of hydrogen-bond donors (Lipinski definition) is 2. The number of nitrogens with one attached hydrogen (secondary N) is 1. The topological polar surface area (TPSA) is 143 Å². The number of ether oxygens (including phenoxy) is 3. The van der Waals surface area contributed by atoms with Crippen LogP contribution in [0.5, 0.6) is 17.6 Å². The molecule has 2 saturated heterocycles. The fourth-order valence-corrected chi connectivity index (χ4v) is 5.37. The smallest absolute Gasteiger partial charge is 0.319 e. The van der Waals surface area contributed by atoms with Crippen LogP contribution in [0, 0.1) is 12.3 Å². The van der Waals surface area contributed by atoms with Crippen LogP contribution < -0.4 is 20.1 Å². The highest BCUT2D eigenvalue weighted by Crippen LogP contribution is 2.39. The Bertz CT molecular complexity index is 1490. The third kappa shape index (κ3) is 5.63. The number of rotatable bonds is 8. The van der Waals surface area contributed by atoms with Crippen molar-refractivity contribution in [1.82, 2.24) is 24.8 Å². The molecule has 0 radical (unpaired) electrons. The van der Waals surface area contributed by atoms with Crippen molar-refractivity contribution in [3.63, 3.8) is 0 Å². The first-order valence-electron chi connectivity index (χ1n) is 13.2. The Morgan fingerprint density at radius 2 is 1.95 bits per heavy atom. The number of carbonyl (C=O) groups is 1. The van der Waals surface area contributed by atoms with E-state index in [0.717, 1.165) is 12.8 Å². The quantitative estimate of drug-likeness (QED) is 0.232. The monoisotopic (exact) mass is 580 g/mol. The van der Waals surface area contributed by atoms with Gasteiger partial charge in [0.05, 0.1) is 10.9 Å². The molecular formula is C28H33ClN8O4. The van der Waals surface area contributed by atoms with Crippen molar-refractivity contribution in [3.8, 4) is 17.6 Å². The molecule has 2 atom stereocenters. The molecule has 4 heterocycles. The summed E-state index contributed by atoms with van der Waals surface area (Å²) >= 11 is 6.41. The molecule has 0 bridgehead atoms. The van der Waals surface area contributed by atoms with Gasteiger partial charge in [0.1, 0.15) is 29.3 Å². The maximum absolute atomic E-state index is 12.2. The fourth-order valence-electron chi connectivity index (χ4n) is 5.17. The molecule has 0 unspecified atom stereocenters. The fraction of sp³-hybridized carbons (Fsp3) is 0.393. The summed E-state index contributed by atoms with van der Waals surface area (Å²) in [6.45, 7) is 8.90. The molecule has 0 saturated carbocycles. The third-order valence-corrected chi connectivity index (χ3v) is 7.84. The van der Waals surface area contributed by atoms with Crippen molar-refractivity contribution < 1.29 is 19.0 Å². The molecular weight excluding hydrogens is 548 g/mol. The lowest BCUT2D eigenvalue weighted by molar-refractivity contribution is -0.126. The second kappa shape index (κ2) is 11.9. The van der Waals surface area contributed by atoms with E-state index in [-0.39, 0.29) is 30.0 Å². The minimum atomic E-state index is -0.280. The summed E-state index contributed by atoms with van der Waals surface area (Å²) in [4.78, 5) is 32.2. The number of amides is 1. The lowest BCUT2D eigenvalue weighted by atomic mass is 10.1. The van der Waals surface area contributed by atoms with E-state index in [2.05, 4.69) is 21.4 Å². The average molecular weight is 581 g/mol. The van der Waals surface area contributed by atoms with Gasteiger partial charge in [-0.3, -0.25) is 9.69 Å². The largest absolute Gasteiger partial charge is 0.456 e. The van der Waals surface area contributed by atoms with Gasteiger partial charge in [0.15, 0.2) is 0 Å². The number of halogens is 1. The van der Waals surface area contributed by atoms with Crippen molar-refractivity contribution in [2.75, 3.05) is 64.1 Å². The number of carbonyl (C=O) groups excluding carboxylic acids is 1. The summed E-state index contributed by atoms with van der Waals surface area (Å²) in [6.07, 6.45) is 3.64. The van der Waals surface area contributed by atoms with Crippen LogP contribution in [0.2, 0.25) is 5.02 Å². The van der Waals surface area contributed by atoms with Gasteiger partial charge in [-0.1, -0.05) is 18.2 Å². The van der Waals surface area contributed by atoms with Crippen LogP contribution in [0.25, 0.3) is 10.9 Å². The van der Waals surface area contributed by atoms with Crippen LogP contribution in [0.15, 0.2) is 31.0 Å². The Kier molecular flexibility index (Phi) is 8.25.